The van der Waals surface area contributed by atoms with Crippen LogP contribution in [0.3, 0.4) is 0 Å². The van der Waals surface area contributed by atoms with Crippen LogP contribution in [0.2, 0.25) is 0 Å². The van der Waals surface area contributed by atoms with Gasteiger partial charge in [0.2, 0.25) is 5.89 Å². The van der Waals surface area contributed by atoms with Crippen molar-refractivity contribution in [3.05, 3.63) is 33.7 Å². The van der Waals surface area contributed by atoms with E-state index < -0.39 is 0 Å². The van der Waals surface area contributed by atoms with Gasteiger partial charge >= 0.3 is 0 Å². The van der Waals surface area contributed by atoms with E-state index in [9.17, 15) is 0 Å². The van der Waals surface area contributed by atoms with E-state index in [4.69, 9.17) is 4.42 Å². The van der Waals surface area contributed by atoms with Gasteiger partial charge in [-0.3, -0.25) is 0 Å². The maximum Gasteiger partial charge on any atom is 0.257 e. The molecule has 9 heteroatoms. The lowest BCUT2D eigenvalue weighted by Gasteiger charge is -1.98. The van der Waals surface area contributed by atoms with Crippen LogP contribution >= 0.6 is 43.2 Å². The molecule has 0 amide bonds. The molecule has 0 aliphatic carbocycles. The highest BCUT2D eigenvalue weighted by Gasteiger charge is 2.13. The Kier molecular flexibility index (Phi) is 4.51. The Hall–Kier alpha value is -1.06. The monoisotopic (exact) mass is 431 g/mol. The van der Waals surface area contributed by atoms with Crippen molar-refractivity contribution >= 4 is 43.2 Å². The van der Waals surface area contributed by atoms with Crippen LogP contribution in [-0.4, -0.2) is 25.2 Å². The summed E-state index contributed by atoms with van der Waals surface area (Å²) in [6.45, 7) is 2.50. The Bertz CT molecular complexity index is 737. The number of hydrogen-bond donors (Lipinski definition) is 0. The number of alkyl halides is 1. The predicted octanol–water partition coefficient (Wildman–Crippen LogP) is 4.05. The lowest BCUT2D eigenvalue weighted by molar-refractivity contribution is 0.470. The van der Waals surface area contributed by atoms with E-state index in [0.29, 0.717) is 18.3 Å². The highest BCUT2D eigenvalue weighted by atomic mass is 79.9. The van der Waals surface area contributed by atoms with Crippen molar-refractivity contribution in [1.29, 1.82) is 0 Å². The average Bonchev–Trinajstić information content (AvgIpc) is 3.19. The fourth-order valence-corrected chi connectivity index (χ4v) is 3.25. The predicted molar refractivity (Wildman–Crippen MR) is 86.4 cm³/mol. The highest BCUT2D eigenvalue weighted by molar-refractivity contribution is 9.11. The van der Waals surface area contributed by atoms with Crippen LogP contribution in [-0.2, 0) is 6.54 Å². The molecule has 1 unspecified atom stereocenters. The molecular weight excluding hydrogens is 422 g/mol. The van der Waals surface area contributed by atoms with Gasteiger partial charge in [0.15, 0.2) is 0 Å². The van der Waals surface area contributed by atoms with Crippen LogP contribution in [0.5, 0.6) is 0 Å². The van der Waals surface area contributed by atoms with Crippen LogP contribution in [0.25, 0.3) is 10.8 Å². The highest BCUT2D eigenvalue weighted by Crippen LogP contribution is 2.30. The van der Waals surface area contributed by atoms with Gasteiger partial charge in [-0.05, 0) is 34.5 Å². The summed E-state index contributed by atoms with van der Waals surface area (Å²) in [6.07, 6.45) is 2.84. The normalized spacial score (nSPS) is 12.7. The second-order valence-electron chi connectivity index (χ2n) is 4.32. The summed E-state index contributed by atoms with van der Waals surface area (Å²) >= 11 is 8.52. The molecule has 3 aromatic heterocycles. The lowest BCUT2D eigenvalue weighted by Crippen LogP contribution is -2.00. The summed E-state index contributed by atoms with van der Waals surface area (Å²) in [4.78, 5) is 1.15. The smallest absolute Gasteiger partial charge is 0.257 e. The SMILES string of the molecule is CCC(Br)c1cn(Cc2nnc(-c3ccc(Br)s3)o2)nn1. The molecule has 0 saturated carbocycles. The molecule has 21 heavy (non-hydrogen) atoms. The zero-order valence-corrected chi connectivity index (χ0v) is 15.0. The van der Waals surface area contributed by atoms with Gasteiger partial charge in [0.1, 0.15) is 6.54 Å². The second kappa shape index (κ2) is 6.37. The molecule has 0 aliphatic rings. The molecule has 0 fully saturated rings. The van der Waals surface area contributed by atoms with Gasteiger partial charge in [-0.1, -0.05) is 28.1 Å². The minimum atomic E-state index is 0.216. The zero-order chi connectivity index (χ0) is 14.8. The molecule has 0 radical (unpaired) electrons. The molecule has 0 aromatic carbocycles. The van der Waals surface area contributed by atoms with Crippen LogP contribution < -0.4 is 0 Å². The Morgan fingerprint density at radius 1 is 1.33 bits per heavy atom. The average molecular weight is 433 g/mol. The molecule has 0 N–H and O–H groups in total. The standard InChI is InChI=1S/C12H11Br2N5OS/c1-2-7(13)8-5-19(18-15-8)6-11-16-17-12(20-11)9-3-4-10(14)21-9/h3-5,7H,2,6H2,1H3. The maximum atomic E-state index is 5.65. The zero-order valence-electron chi connectivity index (χ0n) is 11.0. The van der Waals surface area contributed by atoms with Crippen molar-refractivity contribution in [2.45, 2.75) is 24.7 Å². The quantitative estimate of drug-likeness (QED) is 0.569. The van der Waals surface area contributed by atoms with Gasteiger partial charge in [0.25, 0.3) is 5.89 Å². The third kappa shape index (κ3) is 3.41. The molecule has 6 nitrogen and oxygen atoms in total. The maximum absolute atomic E-state index is 5.65. The number of rotatable bonds is 5. The molecule has 1 atom stereocenters. The molecule has 3 rings (SSSR count). The van der Waals surface area contributed by atoms with Gasteiger partial charge in [-0.2, -0.15) is 0 Å². The summed E-state index contributed by atoms with van der Waals surface area (Å²) in [5.74, 6) is 1.03. The minimum absolute atomic E-state index is 0.216. The van der Waals surface area contributed by atoms with E-state index in [1.54, 1.807) is 16.0 Å². The molecular formula is C12H11Br2N5OS. The molecule has 0 saturated heterocycles. The van der Waals surface area contributed by atoms with E-state index in [1.807, 2.05) is 18.3 Å². The van der Waals surface area contributed by atoms with Crippen molar-refractivity contribution in [3.63, 3.8) is 0 Å². The molecule has 3 heterocycles. The summed E-state index contributed by atoms with van der Waals surface area (Å²) in [5, 5.41) is 16.3. The van der Waals surface area contributed by atoms with Gasteiger partial charge in [0, 0.05) is 0 Å². The summed E-state index contributed by atoms with van der Waals surface area (Å²) < 4.78 is 8.37. The second-order valence-corrected chi connectivity index (χ2v) is 7.89. The fraction of sp³-hybridized carbons (Fsp3) is 0.333. The van der Waals surface area contributed by atoms with Crippen molar-refractivity contribution in [1.82, 2.24) is 25.2 Å². The summed E-state index contributed by atoms with van der Waals surface area (Å²) in [6, 6.07) is 3.89. The summed E-state index contributed by atoms with van der Waals surface area (Å²) in [5.41, 5.74) is 0.902. The van der Waals surface area contributed by atoms with E-state index >= 15 is 0 Å². The van der Waals surface area contributed by atoms with Gasteiger partial charge in [-0.15, -0.1) is 26.6 Å². The van der Waals surface area contributed by atoms with Crippen LogP contribution in [0.15, 0.2) is 26.5 Å². The van der Waals surface area contributed by atoms with Gasteiger partial charge in [0.05, 0.1) is 25.4 Å². The topological polar surface area (TPSA) is 69.6 Å². The number of halogens is 2. The Labute approximate surface area is 141 Å². The van der Waals surface area contributed by atoms with Crippen molar-refractivity contribution in [3.8, 4) is 10.8 Å². The first-order valence-corrected chi connectivity index (χ1v) is 8.80. The Morgan fingerprint density at radius 3 is 2.90 bits per heavy atom. The van der Waals surface area contributed by atoms with E-state index in [2.05, 4.69) is 59.3 Å². The third-order valence-corrected chi connectivity index (χ3v) is 5.51. The van der Waals surface area contributed by atoms with Crippen molar-refractivity contribution < 1.29 is 4.42 Å². The largest absolute Gasteiger partial charge is 0.418 e. The Balaban J connectivity index is 1.74. The third-order valence-electron chi connectivity index (χ3n) is 2.78. The van der Waals surface area contributed by atoms with Crippen molar-refractivity contribution in [2.75, 3.05) is 0 Å². The van der Waals surface area contributed by atoms with Crippen molar-refractivity contribution in [2.24, 2.45) is 0 Å². The summed E-state index contributed by atoms with van der Waals surface area (Å²) in [7, 11) is 0. The Morgan fingerprint density at radius 2 is 2.19 bits per heavy atom. The minimum Gasteiger partial charge on any atom is -0.418 e. The molecule has 0 bridgehead atoms. The number of nitrogens with zero attached hydrogens (tertiary/aromatic N) is 5. The number of aromatic nitrogens is 5. The molecule has 110 valence electrons. The first-order valence-electron chi connectivity index (χ1n) is 6.28. The first kappa shape index (κ1) is 14.9. The number of thiophene rings is 1. The fourth-order valence-electron chi connectivity index (χ4n) is 1.73. The van der Waals surface area contributed by atoms with E-state index in [1.165, 1.54) is 0 Å². The molecule has 0 spiro atoms. The van der Waals surface area contributed by atoms with Gasteiger partial charge < -0.3 is 4.42 Å². The van der Waals surface area contributed by atoms with Crippen LogP contribution in [0.1, 0.15) is 29.8 Å². The molecule has 0 aliphatic heterocycles. The van der Waals surface area contributed by atoms with Gasteiger partial charge in [-0.25, -0.2) is 4.68 Å². The van der Waals surface area contributed by atoms with E-state index in [0.717, 1.165) is 20.8 Å². The van der Waals surface area contributed by atoms with Crippen LogP contribution in [0.4, 0.5) is 0 Å². The van der Waals surface area contributed by atoms with Crippen LogP contribution in [0, 0.1) is 0 Å². The first-order chi connectivity index (χ1) is 10.2. The number of hydrogen-bond acceptors (Lipinski definition) is 6. The molecule has 3 aromatic rings. The van der Waals surface area contributed by atoms with E-state index in [-0.39, 0.29) is 4.83 Å². The lowest BCUT2D eigenvalue weighted by atomic mass is 10.3.